The topological polar surface area (TPSA) is 89.9 Å². The number of aliphatic carboxylic acids is 1. The Labute approximate surface area is 105 Å². The van der Waals surface area contributed by atoms with Gasteiger partial charge in [-0.25, -0.2) is 4.79 Å². The van der Waals surface area contributed by atoms with Crippen molar-refractivity contribution in [3.63, 3.8) is 0 Å². The molecule has 3 N–H and O–H groups in total. The molecule has 0 spiro atoms. The van der Waals surface area contributed by atoms with E-state index in [0.717, 1.165) is 0 Å². The van der Waals surface area contributed by atoms with E-state index in [2.05, 4.69) is 5.32 Å². The van der Waals surface area contributed by atoms with Gasteiger partial charge < -0.3 is 15.5 Å². The zero-order valence-corrected chi connectivity index (χ0v) is 10.1. The van der Waals surface area contributed by atoms with E-state index in [-0.39, 0.29) is 24.7 Å². The second kappa shape index (κ2) is 6.48. The Morgan fingerprint density at radius 2 is 2.11 bits per heavy atom. The average Bonchev–Trinajstić information content (AvgIpc) is 2.29. The van der Waals surface area contributed by atoms with Crippen molar-refractivity contribution in [3.8, 4) is 5.75 Å². The number of carboxylic acid groups (broad SMARTS) is 1. The quantitative estimate of drug-likeness (QED) is 0.739. The third kappa shape index (κ3) is 3.97. The highest BCUT2D eigenvalue weighted by Gasteiger charge is 2.13. The molecule has 6 nitrogen and oxygen atoms in total. The van der Waals surface area contributed by atoms with Gasteiger partial charge in [0.2, 0.25) is 0 Å². The Kier molecular flexibility index (Phi) is 4.98. The highest BCUT2D eigenvalue weighted by Crippen LogP contribution is 2.19. The van der Waals surface area contributed by atoms with Crippen LogP contribution in [0, 0.1) is 0 Å². The number of phenolic OH excluding ortho intramolecular Hbond substituents is 1. The van der Waals surface area contributed by atoms with Crippen LogP contribution in [0.15, 0.2) is 24.3 Å². The maximum absolute atomic E-state index is 11.8. The lowest BCUT2D eigenvalue weighted by molar-refractivity contribution is -0.136. The van der Waals surface area contributed by atoms with Gasteiger partial charge in [-0.2, -0.15) is 0 Å². The summed E-state index contributed by atoms with van der Waals surface area (Å²) >= 11 is 0. The number of rotatable bonds is 5. The van der Waals surface area contributed by atoms with Crippen LogP contribution in [-0.2, 0) is 4.79 Å². The Balaban J connectivity index is 2.65. The molecule has 1 aromatic carbocycles. The molecule has 18 heavy (non-hydrogen) atoms. The van der Waals surface area contributed by atoms with Gasteiger partial charge in [-0.1, -0.05) is 6.07 Å². The minimum atomic E-state index is -0.962. The largest absolute Gasteiger partial charge is 0.508 e. The average molecular weight is 252 g/mol. The van der Waals surface area contributed by atoms with E-state index in [9.17, 15) is 14.7 Å². The van der Waals surface area contributed by atoms with Crippen LogP contribution < -0.4 is 10.2 Å². The number of aromatic hydroxyl groups is 1. The molecular formula is C12H16N2O4. The number of anilines is 1. The number of carbonyl (C=O) groups excluding carboxylic acids is 1. The molecule has 1 rings (SSSR count). The number of benzene rings is 1. The molecule has 0 saturated carbocycles. The van der Waals surface area contributed by atoms with Crippen LogP contribution in [0.2, 0.25) is 0 Å². The van der Waals surface area contributed by atoms with Crippen molar-refractivity contribution >= 4 is 17.7 Å². The minimum Gasteiger partial charge on any atom is -0.508 e. The van der Waals surface area contributed by atoms with Crippen LogP contribution >= 0.6 is 0 Å². The first-order valence-electron chi connectivity index (χ1n) is 5.60. The van der Waals surface area contributed by atoms with Crippen molar-refractivity contribution in [2.45, 2.75) is 13.3 Å². The van der Waals surface area contributed by atoms with Gasteiger partial charge in [-0.05, 0) is 19.1 Å². The molecule has 0 atom stereocenters. The van der Waals surface area contributed by atoms with E-state index in [1.165, 1.54) is 17.0 Å². The summed E-state index contributed by atoms with van der Waals surface area (Å²) in [7, 11) is 0. The molecule has 0 heterocycles. The van der Waals surface area contributed by atoms with E-state index >= 15 is 0 Å². The molecular weight excluding hydrogens is 236 g/mol. The van der Waals surface area contributed by atoms with Gasteiger partial charge in [-0.15, -0.1) is 0 Å². The minimum absolute atomic E-state index is 0.0729. The molecule has 0 bridgehead atoms. The number of hydrogen-bond acceptors (Lipinski definition) is 3. The number of nitrogens with zero attached hydrogens (tertiary/aromatic N) is 1. The molecule has 0 aliphatic heterocycles. The van der Waals surface area contributed by atoms with Gasteiger partial charge >= 0.3 is 12.0 Å². The Bertz CT molecular complexity index is 434. The van der Waals surface area contributed by atoms with Crippen LogP contribution in [0.25, 0.3) is 0 Å². The normalized spacial score (nSPS) is 9.83. The fourth-order valence-corrected chi connectivity index (χ4v) is 1.48. The van der Waals surface area contributed by atoms with Crippen molar-refractivity contribution in [2.24, 2.45) is 0 Å². The summed E-state index contributed by atoms with van der Waals surface area (Å²) in [5.74, 6) is -0.889. The van der Waals surface area contributed by atoms with Gasteiger partial charge in [0.05, 0.1) is 6.42 Å². The highest BCUT2D eigenvalue weighted by atomic mass is 16.4. The van der Waals surface area contributed by atoms with Gasteiger partial charge in [-0.3, -0.25) is 9.69 Å². The molecule has 6 heteroatoms. The third-order valence-corrected chi connectivity index (χ3v) is 2.32. The molecule has 0 aliphatic carbocycles. The second-order valence-electron chi connectivity index (χ2n) is 3.64. The lowest BCUT2D eigenvalue weighted by atomic mass is 10.3. The Morgan fingerprint density at radius 3 is 2.67 bits per heavy atom. The molecule has 1 aromatic rings. The van der Waals surface area contributed by atoms with Crippen LogP contribution in [-0.4, -0.2) is 35.3 Å². The van der Waals surface area contributed by atoms with Crippen LogP contribution in [0.3, 0.4) is 0 Å². The van der Waals surface area contributed by atoms with Gasteiger partial charge in [0.1, 0.15) is 5.75 Å². The predicted molar refractivity (Wildman–Crippen MR) is 66.8 cm³/mol. The smallest absolute Gasteiger partial charge is 0.321 e. The Hall–Kier alpha value is -2.24. The van der Waals surface area contributed by atoms with Crippen LogP contribution in [0.4, 0.5) is 10.5 Å². The van der Waals surface area contributed by atoms with E-state index in [1.807, 2.05) is 0 Å². The van der Waals surface area contributed by atoms with E-state index < -0.39 is 5.97 Å². The lowest BCUT2D eigenvalue weighted by Gasteiger charge is -2.21. The molecule has 0 aromatic heterocycles. The molecule has 0 aliphatic rings. The fraction of sp³-hybridized carbons (Fsp3) is 0.333. The van der Waals surface area contributed by atoms with Crippen LogP contribution in [0.5, 0.6) is 5.75 Å². The number of amides is 2. The first-order valence-corrected chi connectivity index (χ1v) is 5.60. The zero-order valence-electron chi connectivity index (χ0n) is 10.1. The van der Waals surface area contributed by atoms with Crippen molar-refractivity contribution in [2.75, 3.05) is 18.0 Å². The van der Waals surface area contributed by atoms with E-state index in [4.69, 9.17) is 5.11 Å². The number of carboxylic acids is 1. The number of hydrogen-bond donors (Lipinski definition) is 3. The number of nitrogens with one attached hydrogen (secondary N) is 1. The van der Waals surface area contributed by atoms with Gasteiger partial charge in [0, 0.05) is 24.8 Å². The maximum atomic E-state index is 11.8. The fourth-order valence-electron chi connectivity index (χ4n) is 1.48. The van der Waals surface area contributed by atoms with E-state index in [0.29, 0.717) is 12.2 Å². The summed E-state index contributed by atoms with van der Waals surface area (Å²) in [4.78, 5) is 23.6. The Morgan fingerprint density at radius 1 is 1.39 bits per heavy atom. The summed E-state index contributed by atoms with van der Waals surface area (Å²) in [5.41, 5.74) is 0.560. The van der Waals surface area contributed by atoms with Gasteiger partial charge in [0.15, 0.2) is 0 Å². The summed E-state index contributed by atoms with van der Waals surface area (Å²) in [6.07, 6.45) is -0.122. The molecule has 0 unspecified atom stereocenters. The summed E-state index contributed by atoms with van der Waals surface area (Å²) in [6, 6.07) is 5.93. The maximum Gasteiger partial charge on any atom is 0.321 e. The van der Waals surface area contributed by atoms with Gasteiger partial charge in [0.25, 0.3) is 0 Å². The molecule has 0 fully saturated rings. The number of phenols is 1. The second-order valence-corrected chi connectivity index (χ2v) is 3.64. The third-order valence-electron chi connectivity index (χ3n) is 2.32. The van der Waals surface area contributed by atoms with Crippen molar-refractivity contribution < 1.29 is 19.8 Å². The highest BCUT2D eigenvalue weighted by molar-refractivity contribution is 5.92. The molecule has 2 amide bonds. The molecule has 0 radical (unpaired) electrons. The summed E-state index contributed by atoms with van der Waals surface area (Å²) < 4.78 is 0. The monoisotopic (exact) mass is 252 g/mol. The predicted octanol–water partition coefficient (Wildman–Crippen LogP) is 1.40. The summed E-state index contributed by atoms with van der Waals surface area (Å²) in [5, 5.41) is 20.3. The molecule has 0 saturated heterocycles. The standard InChI is InChI=1S/C12H16N2O4/c1-2-14(9-4-3-5-10(15)8-9)12(18)13-7-6-11(16)17/h3-5,8,15H,2,6-7H2,1H3,(H,13,18)(H,16,17). The lowest BCUT2D eigenvalue weighted by Crippen LogP contribution is -2.40. The first kappa shape index (κ1) is 13.8. The van der Waals surface area contributed by atoms with Crippen molar-refractivity contribution in [3.05, 3.63) is 24.3 Å². The zero-order chi connectivity index (χ0) is 13.5. The number of carbonyl (C=O) groups is 2. The van der Waals surface area contributed by atoms with E-state index in [1.54, 1.807) is 19.1 Å². The number of urea groups is 1. The first-order chi connectivity index (χ1) is 8.54. The SMILES string of the molecule is CCN(C(=O)NCCC(=O)O)c1cccc(O)c1. The van der Waals surface area contributed by atoms with Crippen molar-refractivity contribution in [1.82, 2.24) is 5.32 Å². The summed E-state index contributed by atoms with van der Waals surface area (Å²) in [6.45, 7) is 2.28. The van der Waals surface area contributed by atoms with Crippen molar-refractivity contribution in [1.29, 1.82) is 0 Å². The molecule has 98 valence electrons. The van der Waals surface area contributed by atoms with Crippen LogP contribution in [0.1, 0.15) is 13.3 Å².